The summed E-state index contributed by atoms with van der Waals surface area (Å²) in [5, 5.41) is 14.3. The molecule has 1 aliphatic heterocycles. The molecule has 3 rings (SSSR count). The standard InChI is InChI=1S/C16H15N3O3/c20-19(21)13-7-2-4-9-15(13)22-14-8-3-1-6-12(14)16-17-10-5-11-18-16/h1-4,6-9H,5,10-11H2,(H,17,18). The van der Waals surface area contributed by atoms with Crippen molar-refractivity contribution in [1.29, 1.82) is 0 Å². The molecule has 1 N–H and O–H groups in total. The van der Waals surface area contributed by atoms with E-state index in [1.54, 1.807) is 24.3 Å². The average molecular weight is 297 g/mol. The van der Waals surface area contributed by atoms with Crippen LogP contribution in [0.15, 0.2) is 53.5 Å². The maximum Gasteiger partial charge on any atom is 0.311 e. The van der Waals surface area contributed by atoms with E-state index in [4.69, 9.17) is 4.74 Å². The SMILES string of the molecule is O=[N+]([O-])c1ccccc1Oc1ccccc1C1=NCCCN1. The average Bonchev–Trinajstić information content (AvgIpc) is 2.56. The van der Waals surface area contributed by atoms with Crippen LogP contribution in [0.5, 0.6) is 11.5 Å². The number of hydrogen-bond donors (Lipinski definition) is 1. The largest absolute Gasteiger partial charge is 0.449 e. The van der Waals surface area contributed by atoms with Crippen molar-refractivity contribution in [2.75, 3.05) is 13.1 Å². The molecule has 0 saturated carbocycles. The van der Waals surface area contributed by atoms with Crippen LogP contribution in [0.1, 0.15) is 12.0 Å². The van der Waals surface area contributed by atoms with Crippen molar-refractivity contribution in [2.45, 2.75) is 6.42 Å². The first kappa shape index (κ1) is 14.1. The topological polar surface area (TPSA) is 76.8 Å². The summed E-state index contributed by atoms with van der Waals surface area (Å²) in [5.74, 6) is 1.53. The van der Waals surface area contributed by atoms with Crippen LogP contribution >= 0.6 is 0 Å². The predicted octanol–water partition coefficient (Wildman–Crippen LogP) is 3.13. The van der Waals surface area contributed by atoms with Gasteiger partial charge in [-0.25, -0.2) is 0 Å². The number of ether oxygens (including phenoxy) is 1. The number of nitrogens with one attached hydrogen (secondary N) is 1. The summed E-state index contributed by atoms with van der Waals surface area (Å²) in [6.45, 7) is 1.63. The fourth-order valence-electron chi connectivity index (χ4n) is 2.28. The predicted molar refractivity (Wildman–Crippen MR) is 83.6 cm³/mol. The van der Waals surface area contributed by atoms with Gasteiger partial charge in [0.1, 0.15) is 11.6 Å². The van der Waals surface area contributed by atoms with Crippen LogP contribution < -0.4 is 10.1 Å². The summed E-state index contributed by atoms with van der Waals surface area (Å²) < 4.78 is 5.79. The van der Waals surface area contributed by atoms with Crippen molar-refractivity contribution >= 4 is 11.5 Å². The van der Waals surface area contributed by atoms with Gasteiger partial charge in [0.05, 0.1) is 10.5 Å². The molecule has 6 nitrogen and oxygen atoms in total. The lowest BCUT2D eigenvalue weighted by molar-refractivity contribution is -0.385. The van der Waals surface area contributed by atoms with Crippen molar-refractivity contribution in [3.63, 3.8) is 0 Å². The van der Waals surface area contributed by atoms with Crippen molar-refractivity contribution in [2.24, 2.45) is 4.99 Å². The van der Waals surface area contributed by atoms with Crippen LogP contribution in [-0.4, -0.2) is 23.8 Å². The Balaban J connectivity index is 1.97. The minimum atomic E-state index is -0.450. The molecule has 2 aromatic carbocycles. The summed E-state index contributed by atoms with van der Waals surface area (Å²) in [4.78, 5) is 15.1. The number of benzene rings is 2. The Morgan fingerprint density at radius 2 is 1.82 bits per heavy atom. The fraction of sp³-hybridized carbons (Fsp3) is 0.188. The van der Waals surface area contributed by atoms with E-state index in [1.807, 2.05) is 18.2 Å². The van der Waals surface area contributed by atoms with Crippen LogP contribution in [-0.2, 0) is 0 Å². The molecule has 0 saturated heterocycles. The molecule has 112 valence electrons. The van der Waals surface area contributed by atoms with Gasteiger partial charge in [-0.05, 0) is 24.6 Å². The number of para-hydroxylation sites is 3. The zero-order chi connectivity index (χ0) is 15.4. The zero-order valence-corrected chi connectivity index (χ0v) is 11.9. The number of nitro benzene ring substituents is 1. The van der Waals surface area contributed by atoms with Crippen molar-refractivity contribution in [3.8, 4) is 11.5 Å². The highest BCUT2D eigenvalue weighted by Crippen LogP contribution is 2.32. The highest BCUT2D eigenvalue weighted by Gasteiger charge is 2.18. The van der Waals surface area contributed by atoms with E-state index in [9.17, 15) is 10.1 Å². The third-order valence-corrected chi connectivity index (χ3v) is 3.32. The molecule has 1 aliphatic rings. The van der Waals surface area contributed by atoms with Crippen LogP contribution in [0.2, 0.25) is 0 Å². The number of aliphatic imine (C=N–C) groups is 1. The van der Waals surface area contributed by atoms with Crippen LogP contribution in [0.4, 0.5) is 5.69 Å². The lowest BCUT2D eigenvalue weighted by Gasteiger charge is -2.17. The molecule has 0 aliphatic carbocycles. The van der Waals surface area contributed by atoms with Crippen molar-refractivity contribution in [3.05, 3.63) is 64.2 Å². The minimum absolute atomic E-state index is 0.0594. The number of nitrogens with zero attached hydrogens (tertiary/aromatic N) is 2. The molecule has 0 radical (unpaired) electrons. The van der Waals surface area contributed by atoms with E-state index in [-0.39, 0.29) is 11.4 Å². The Kier molecular flexibility index (Phi) is 4.00. The number of rotatable bonds is 4. The van der Waals surface area contributed by atoms with Gasteiger partial charge < -0.3 is 10.1 Å². The highest BCUT2D eigenvalue weighted by molar-refractivity contribution is 6.01. The van der Waals surface area contributed by atoms with Crippen LogP contribution in [0.25, 0.3) is 0 Å². The first-order valence-electron chi connectivity index (χ1n) is 7.05. The monoisotopic (exact) mass is 297 g/mol. The molecule has 22 heavy (non-hydrogen) atoms. The molecule has 0 atom stereocenters. The molecule has 2 aromatic rings. The summed E-state index contributed by atoms with van der Waals surface area (Å²) in [5.41, 5.74) is 0.746. The van der Waals surface area contributed by atoms with Gasteiger partial charge in [-0.2, -0.15) is 0 Å². The molecule has 1 heterocycles. The third kappa shape index (κ3) is 2.90. The summed E-state index contributed by atoms with van der Waals surface area (Å²) >= 11 is 0. The Bertz CT molecular complexity index is 728. The third-order valence-electron chi connectivity index (χ3n) is 3.32. The molecule has 0 aromatic heterocycles. The second-order valence-corrected chi connectivity index (χ2v) is 4.83. The lowest BCUT2D eigenvalue weighted by atomic mass is 10.1. The molecule has 6 heteroatoms. The first-order chi connectivity index (χ1) is 10.8. The van der Waals surface area contributed by atoms with Gasteiger partial charge in [-0.15, -0.1) is 0 Å². The second-order valence-electron chi connectivity index (χ2n) is 4.83. The summed E-state index contributed by atoms with van der Waals surface area (Å²) in [7, 11) is 0. The summed E-state index contributed by atoms with van der Waals surface area (Å²) in [6.07, 6.45) is 0.997. The molecule has 0 bridgehead atoms. The van der Waals surface area contributed by atoms with E-state index in [2.05, 4.69) is 10.3 Å². The molecule has 0 unspecified atom stereocenters. The minimum Gasteiger partial charge on any atom is -0.449 e. The Morgan fingerprint density at radius 3 is 2.55 bits per heavy atom. The molecule has 0 fully saturated rings. The van der Waals surface area contributed by atoms with Gasteiger partial charge in [0.15, 0.2) is 0 Å². The zero-order valence-electron chi connectivity index (χ0n) is 11.9. The lowest BCUT2D eigenvalue weighted by Crippen LogP contribution is -2.30. The van der Waals surface area contributed by atoms with Crippen LogP contribution in [0, 0.1) is 10.1 Å². The van der Waals surface area contributed by atoms with Gasteiger partial charge in [0, 0.05) is 19.2 Å². The Hall–Kier alpha value is -2.89. The number of amidine groups is 1. The number of hydrogen-bond acceptors (Lipinski definition) is 5. The normalized spacial score (nSPS) is 13.9. The highest BCUT2D eigenvalue weighted by atomic mass is 16.6. The van der Waals surface area contributed by atoms with Gasteiger partial charge in [0.25, 0.3) is 0 Å². The molecule has 0 amide bonds. The maximum absolute atomic E-state index is 11.1. The van der Waals surface area contributed by atoms with Crippen molar-refractivity contribution in [1.82, 2.24) is 5.32 Å². The van der Waals surface area contributed by atoms with Gasteiger partial charge >= 0.3 is 5.69 Å². The van der Waals surface area contributed by atoms with E-state index >= 15 is 0 Å². The maximum atomic E-state index is 11.1. The summed E-state index contributed by atoms with van der Waals surface area (Å²) in [6, 6.07) is 13.7. The van der Waals surface area contributed by atoms with E-state index in [0.29, 0.717) is 5.75 Å². The Morgan fingerprint density at radius 1 is 1.09 bits per heavy atom. The van der Waals surface area contributed by atoms with Crippen molar-refractivity contribution < 1.29 is 9.66 Å². The first-order valence-corrected chi connectivity index (χ1v) is 7.05. The quantitative estimate of drug-likeness (QED) is 0.694. The molecular weight excluding hydrogens is 282 g/mol. The van der Waals surface area contributed by atoms with Gasteiger partial charge in [-0.1, -0.05) is 24.3 Å². The fourth-order valence-corrected chi connectivity index (χ4v) is 2.28. The number of nitro groups is 1. The van der Waals surface area contributed by atoms with E-state index in [1.165, 1.54) is 6.07 Å². The van der Waals surface area contributed by atoms with Gasteiger partial charge in [-0.3, -0.25) is 15.1 Å². The van der Waals surface area contributed by atoms with E-state index < -0.39 is 4.92 Å². The molecule has 0 spiro atoms. The van der Waals surface area contributed by atoms with E-state index in [0.717, 1.165) is 30.9 Å². The van der Waals surface area contributed by atoms with Gasteiger partial charge in [0.2, 0.25) is 5.75 Å². The molecular formula is C16H15N3O3. The smallest absolute Gasteiger partial charge is 0.311 e. The second kappa shape index (κ2) is 6.26. The Labute approximate surface area is 127 Å². The van der Waals surface area contributed by atoms with Crippen LogP contribution in [0.3, 0.4) is 0 Å².